The van der Waals surface area contributed by atoms with Gasteiger partial charge in [0, 0.05) is 0 Å². The molecule has 24 heavy (non-hydrogen) atoms. The number of hydrogen-bond acceptors (Lipinski definition) is 4. The summed E-state index contributed by atoms with van der Waals surface area (Å²) in [6.07, 6.45) is 0.0776. The Morgan fingerprint density at radius 1 is 1.08 bits per heavy atom. The summed E-state index contributed by atoms with van der Waals surface area (Å²) in [5, 5.41) is 11.4. The number of carbonyl (C=O) groups is 1. The molecule has 0 aromatic heterocycles. The Kier molecular flexibility index (Phi) is 7.36. The summed E-state index contributed by atoms with van der Waals surface area (Å²) >= 11 is 1.43. The number of alkyl carbamates (subject to hydrolysis) is 1. The first kappa shape index (κ1) is 18.1. The van der Waals surface area contributed by atoms with E-state index in [-0.39, 0.29) is 12.6 Å². The lowest BCUT2D eigenvalue weighted by Crippen LogP contribution is -2.41. The molecule has 0 saturated carbocycles. The molecule has 126 valence electrons. The quantitative estimate of drug-likeness (QED) is 0.584. The molecule has 4 nitrogen and oxygen atoms in total. The van der Waals surface area contributed by atoms with Gasteiger partial charge in [-0.1, -0.05) is 67.6 Å². The minimum absolute atomic E-state index is 0.221. The maximum Gasteiger partial charge on any atom is 0.408 e. The normalized spacial score (nSPS) is 11.5. The van der Waals surface area contributed by atoms with Gasteiger partial charge in [-0.05, 0) is 23.3 Å². The minimum Gasteiger partial charge on any atom is -0.445 e. The van der Waals surface area contributed by atoms with Crippen LogP contribution in [0.15, 0.2) is 60.7 Å². The van der Waals surface area contributed by atoms with Crippen LogP contribution in [0.4, 0.5) is 4.79 Å². The predicted molar refractivity (Wildman–Crippen MR) is 99.6 cm³/mol. The fourth-order valence-corrected chi connectivity index (χ4v) is 2.88. The molecular weight excluding hydrogens is 320 g/mol. The molecule has 2 aromatic rings. The van der Waals surface area contributed by atoms with Crippen LogP contribution in [-0.2, 0) is 17.8 Å². The van der Waals surface area contributed by atoms with Crippen molar-refractivity contribution >= 4 is 22.9 Å². The van der Waals surface area contributed by atoms with Gasteiger partial charge in [0.15, 0.2) is 0 Å². The third-order valence-electron chi connectivity index (χ3n) is 3.40. The molecule has 2 rings (SSSR count). The van der Waals surface area contributed by atoms with E-state index in [9.17, 15) is 4.79 Å². The highest BCUT2D eigenvalue weighted by Gasteiger charge is 2.19. The zero-order chi connectivity index (χ0) is 17.2. The Hall–Kier alpha value is -2.27. The van der Waals surface area contributed by atoms with E-state index in [0.717, 1.165) is 16.9 Å². The van der Waals surface area contributed by atoms with Gasteiger partial charge in [-0.3, -0.25) is 5.41 Å². The minimum atomic E-state index is -0.499. The highest BCUT2D eigenvalue weighted by Crippen LogP contribution is 2.12. The number of rotatable bonds is 7. The van der Waals surface area contributed by atoms with Crippen molar-refractivity contribution in [3.8, 4) is 0 Å². The first-order valence-electron chi connectivity index (χ1n) is 7.91. The first-order chi connectivity index (χ1) is 11.7. The lowest BCUT2D eigenvalue weighted by molar-refractivity contribution is 0.138. The molecule has 0 radical (unpaired) electrons. The van der Waals surface area contributed by atoms with Gasteiger partial charge in [0.2, 0.25) is 0 Å². The van der Waals surface area contributed by atoms with Gasteiger partial charge in [0.05, 0.1) is 11.1 Å². The SMILES string of the molecule is CCSC(=N)C(Cc1ccccc1)NC(=O)OCc1ccccc1. The molecule has 1 atom stereocenters. The maximum atomic E-state index is 12.1. The van der Waals surface area contributed by atoms with E-state index < -0.39 is 6.09 Å². The summed E-state index contributed by atoms with van der Waals surface area (Å²) < 4.78 is 5.27. The average Bonchev–Trinajstić information content (AvgIpc) is 2.61. The smallest absolute Gasteiger partial charge is 0.408 e. The van der Waals surface area contributed by atoms with Gasteiger partial charge in [-0.15, -0.1) is 11.8 Å². The molecule has 0 heterocycles. The molecule has 0 bridgehead atoms. The molecule has 2 aromatic carbocycles. The number of carbonyl (C=O) groups excluding carboxylic acids is 1. The van der Waals surface area contributed by atoms with Crippen LogP contribution in [0.25, 0.3) is 0 Å². The van der Waals surface area contributed by atoms with Crippen molar-refractivity contribution in [2.45, 2.75) is 26.0 Å². The van der Waals surface area contributed by atoms with E-state index in [1.165, 1.54) is 11.8 Å². The van der Waals surface area contributed by atoms with Crippen LogP contribution in [0.3, 0.4) is 0 Å². The van der Waals surface area contributed by atoms with E-state index in [0.29, 0.717) is 11.5 Å². The van der Waals surface area contributed by atoms with E-state index in [4.69, 9.17) is 10.1 Å². The van der Waals surface area contributed by atoms with Crippen LogP contribution >= 0.6 is 11.8 Å². The molecule has 2 N–H and O–H groups in total. The Bertz CT molecular complexity index is 647. The zero-order valence-electron chi connectivity index (χ0n) is 13.7. The summed E-state index contributed by atoms with van der Waals surface area (Å²) in [6, 6.07) is 19.0. The van der Waals surface area contributed by atoms with Gasteiger partial charge in [-0.25, -0.2) is 4.79 Å². The number of ether oxygens (including phenoxy) is 1. The van der Waals surface area contributed by atoms with E-state index in [1.54, 1.807) is 0 Å². The maximum absolute atomic E-state index is 12.1. The van der Waals surface area contributed by atoms with Gasteiger partial charge in [-0.2, -0.15) is 0 Å². The van der Waals surface area contributed by atoms with Crippen LogP contribution in [-0.4, -0.2) is 22.9 Å². The van der Waals surface area contributed by atoms with Crippen molar-refractivity contribution in [3.63, 3.8) is 0 Å². The highest BCUT2D eigenvalue weighted by molar-refractivity contribution is 8.13. The number of thioether (sulfide) groups is 1. The van der Waals surface area contributed by atoms with Crippen LogP contribution < -0.4 is 5.32 Å². The molecule has 0 saturated heterocycles. The van der Waals surface area contributed by atoms with Crippen molar-refractivity contribution in [1.82, 2.24) is 5.32 Å². The van der Waals surface area contributed by atoms with Crippen molar-refractivity contribution in [1.29, 1.82) is 5.41 Å². The lowest BCUT2D eigenvalue weighted by atomic mass is 10.1. The Morgan fingerprint density at radius 3 is 2.25 bits per heavy atom. The van der Waals surface area contributed by atoms with E-state index in [1.807, 2.05) is 67.6 Å². The van der Waals surface area contributed by atoms with Gasteiger partial charge in [0.1, 0.15) is 6.61 Å². The second-order valence-corrected chi connectivity index (χ2v) is 6.55. The first-order valence-corrected chi connectivity index (χ1v) is 8.90. The second-order valence-electron chi connectivity index (χ2n) is 5.25. The summed E-state index contributed by atoms with van der Waals surface area (Å²) in [5.41, 5.74) is 2.01. The summed E-state index contributed by atoms with van der Waals surface area (Å²) in [6.45, 7) is 2.21. The fraction of sp³-hybridized carbons (Fsp3) is 0.263. The van der Waals surface area contributed by atoms with Crippen molar-refractivity contribution in [2.24, 2.45) is 0 Å². The fourth-order valence-electron chi connectivity index (χ4n) is 2.22. The van der Waals surface area contributed by atoms with Crippen LogP contribution in [0.5, 0.6) is 0 Å². The molecule has 0 spiro atoms. The molecule has 0 aliphatic carbocycles. The average molecular weight is 342 g/mol. The van der Waals surface area contributed by atoms with E-state index in [2.05, 4.69) is 5.32 Å². The third-order valence-corrected chi connectivity index (χ3v) is 4.29. The molecule has 1 amide bonds. The van der Waals surface area contributed by atoms with E-state index >= 15 is 0 Å². The van der Waals surface area contributed by atoms with Crippen molar-refractivity contribution in [2.75, 3.05) is 5.75 Å². The predicted octanol–water partition coefficient (Wildman–Crippen LogP) is 4.25. The molecule has 0 aliphatic heterocycles. The Labute approximate surface area is 147 Å². The largest absolute Gasteiger partial charge is 0.445 e. The van der Waals surface area contributed by atoms with Crippen molar-refractivity contribution < 1.29 is 9.53 Å². The number of hydrogen-bond donors (Lipinski definition) is 2. The molecule has 0 aliphatic rings. The highest BCUT2D eigenvalue weighted by atomic mass is 32.2. The van der Waals surface area contributed by atoms with Crippen LogP contribution in [0.2, 0.25) is 0 Å². The van der Waals surface area contributed by atoms with Gasteiger partial charge >= 0.3 is 6.09 Å². The molecule has 5 heteroatoms. The zero-order valence-corrected chi connectivity index (χ0v) is 14.5. The summed E-state index contributed by atoms with van der Waals surface area (Å²) in [7, 11) is 0. The third kappa shape index (κ3) is 6.08. The molecular formula is C19H22N2O2S. The van der Waals surface area contributed by atoms with Crippen LogP contribution in [0.1, 0.15) is 18.1 Å². The standard InChI is InChI=1S/C19H22N2O2S/c1-2-24-18(20)17(13-15-9-5-3-6-10-15)21-19(22)23-14-16-11-7-4-8-12-16/h3-12,17,20H,2,13-14H2,1H3,(H,21,22). The van der Waals surface area contributed by atoms with Crippen LogP contribution in [0, 0.1) is 5.41 Å². The Balaban J connectivity index is 1.93. The summed E-state index contributed by atoms with van der Waals surface area (Å²) in [4.78, 5) is 12.1. The number of amides is 1. The molecule has 1 unspecified atom stereocenters. The van der Waals surface area contributed by atoms with Gasteiger partial charge < -0.3 is 10.1 Å². The summed E-state index contributed by atoms with van der Waals surface area (Å²) in [5.74, 6) is 0.796. The number of benzene rings is 2. The van der Waals surface area contributed by atoms with Crippen molar-refractivity contribution in [3.05, 3.63) is 71.8 Å². The Morgan fingerprint density at radius 2 is 1.67 bits per heavy atom. The number of nitrogens with one attached hydrogen (secondary N) is 2. The van der Waals surface area contributed by atoms with Gasteiger partial charge in [0.25, 0.3) is 0 Å². The molecule has 0 fully saturated rings. The lowest BCUT2D eigenvalue weighted by Gasteiger charge is -2.19. The topological polar surface area (TPSA) is 62.2 Å². The monoisotopic (exact) mass is 342 g/mol. The second kappa shape index (κ2) is 9.78.